The molecular formula is C15H27NO2. The average Bonchev–Trinajstić information content (AvgIpc) is 3.21. The first-order chi connectivity index (χ1) is 8.59. The van der Waals surface area contributed by atoms with Crippen molar-refractivity contribution in [3.63, 3.8) is 0 Å². The van der Waals surface area contributed by atoms with E-state index < -0.39 is 11.4 Å². The predicted octanol–water partition coefficient (Wildman–Crippen LogP) is 3.00. The fourth-order valence-corrected chi connectivity index (χ4v) is 2.81. The lowest BCUT2D eigenvalue weighted by Gasteiger charge is -2.34. The van der Waals surface area contributed by atoms with E-state index in [2.05, 4.69) is 4.90 Å². The van der Waals surface area contributed by atoms with Gasteiger partial charge in [0.1, 0.15) is 0 Å². The number of carboxylic acid groups (broad SMARTS) is 1. The molecule has 0 unspecified atom stereocenters. The maximum atomic E-state index is 11.6. The lowest BCUT2D eigenvalue weighted by molar-refractivity contribution is -0.151. The van der Waals surface area contributed by atoms with Gasteiger partial charge in [-0.15, -0.1) is 0 Å². The summed E-state index contributed by atoms with van der Waals surface area (Å²) in [5, 5.41) is 9.55. The molecular weight excluding hydrogens is 226 g/mol. The van der Waals surface area contributed by atoms with Gasteiger partial charge in [0.15, 0.2) is 0 Å². The molecule has 0 bridgehead atoms. The summed E-state index contributed by atoms with van der Waals surface area (Å²) in [4.78, 5) is 14.0. The molecule has 2 rings (SSSR count). The Morgan fingerprint density at radius 3 is 1.83 bits per heavy atom. The summed E-state index contributed by atoms with van der Waals surface area (Å²) >= 11 is 0. The zero-order valence-corrected chi connectivity index (χ0v) is 11.8. The van der Waals surface area contributed by atoms with E-state index >= 15 is 0 Å². The maximum absolute atomic E-state index is 11.6. The van der Waals surface area contributed by atoms with E-state index in [4.69, 9.17) is 0 Å². The van der Waals surface area contributed by atoms with Gasteiger partial charge >= 0.3 is 5.97 Å². The van der Waals surface area contributed by atoms with Crippen LogP contribution in [0.5, 0.6) is 0 Å². The van der Waals surface area contributed by atoms with E-state index in [0.29, 0.717) is 0 Å². The first kappa shape index (κ1) is 13.9. The summed E-state index contributed by atoms with van der Waals surface area (Å²) in [6.45, 7) is 7.05. The van der Waals surface area contributed by atoms with E-state index in [9.17, 15) is 9.90 Å². The Hall–Kier alpha value is -0.570. The Labute approximate surface area is 111 Å². The summed E-state index contributed by atoms with van der Waals surface area (Å²) in [6, 6.07) is 0. The van der Waals surface area contributed by atoms with Gasteiger partial charge in [0, 0.05) is 19.6 Å². The molecule has 2 aliphatic rings. The molecule has 0 aromatic heterocycles. The van der Waals surface area contributed by atoms with E-state index in [1.165, 1.54) is 25.7 Å². The number of carbonyl (C=O) groups is 1. The standard InChI is InChI=1S/C15H27NO2/c1-3-15(4-2,14(17)18)11-16(9-12-5-6-12)10-13-7-8-13/h12-13H,3-11H2,1-2H3,(H,17,18). The van der Waals surface area contributed by atoms with Crippen LogP contribution in [0.2, 0.25) is 0 Å². The first-order valence-corrected chi connectivity index (χ1v) is 7.55. The zero-order chi connectivity index (χ0) is 13.2. The Morgan fingerprint density at radius 2 is 1.56 bits per heavy atom. The molecule has 104 valence electrons. The summed E-state index contributed by atoms with van der Waals surface area (Å²) in [7, 11) is 0. The number of hydrogen-bond acceptors (Lipinski definition) is 2. The monoisotopic (exact) mass is 253 g/mol. The van der Waals surface area contributed by atoms with E-state index in [0.717, 1.165) is 44.3 Å². The largest absolute Gasteiger partial charge is 0.481 e. The van der Waals surface area contributed by atoms with Gasteiger partial charge in [-0.05, 0) is 50.4 Å². The van der Waals surface area contributed by atoms with Crippen molar-refractivity contribution in [3.8, 4) is 0 Å². The second-order valence-corrected chi connectivity index (χ2v) is 6.37. The molecule has 3 nitrogen and oxygen atoms in total. The molecule has 0 aliphatic heterocycles. The number of carboxylic acids is 1. The van der Waals surface area contributed by atoms with Crippen molar-refractivity contribution in [2.45, 2.75) is 52.4 Å². The van der Waals surface area contributed by atoms with Crippen LogP contribution in [0.4, 0.5) is 0 Å². The van der Waals surface area contributed by atoms with Crippen LogP contribution in [0.1, 0.15) is 52.4 Å². The lowest BCUT2D eigenvalue weighted by Crippen LogP contribution is -2.44. The number of nitrogens with zero attached hydrogens (tertiary/aromatic N) is 1. The fraction of sp³-hybridized carbons (Fsp3) is 0.933. The van der Waals surface area contributed by atoms with E-state index in [1.54, 1.807) is 0 Å². The van der Waals surface area contributed by atoms with Crippen molar-refractivity contribution >= 4 is 5.97 Å². The van der Waals surface area contributed by atoms with Gasteiger partial charge in [0.2, 0.25) is 0 Å². The Bertz CT molecular complexity index is 277. The number of hydrogen-bond donors (Lipinski definition) is 1. The van der Waals surface area contributed by atoms with Crippen LogP contribution in [0, 0.1) is 17.3 Å². The molecule has 1 N–H and O–H groups in total. The molecule has 0 atom stereocenters. The van der Waals surface area contributed by atoms with Crippen LogP contribution in [0.25, 0.3) is 0 Å². The van der Waals surface area contributed by atoms with Crippen molar-refractivity contribution in [2.24, 2.45) is 17.3 Å². The minimum absolute atomic E-state index is 0.524. The third-order valence-corrected chi connectivity index (χ3v) is 4.76. The van der Waals surface area contributed by atoms with Gasteiger partial charge in [0.25, 0.3) is 0 Å². The molecule has 18 heavy (non-hydrogen) atoms. The Morgan fingerprint density at radius 1 is 1.11 bits per heavy atom. The molecule has 0 aromatic rings. The van der Waals surface area contributed by atoms with Crippen molar-refractivity contribution in [2.75, 3.05) is 19.6 Å². The molecule has 0 saturated heterocycles. The van der Waals surface area contributed by atoms with Crippen LogP contribution in [0.15, 0.2) is 0 Å². The lowest BCUT2D eigenvalue weighted by atomic mass is 9.81. The molecule has 2 aliphatic carbocycles. The molecule has 0 spiro atoms. The summed E-state index contributed by atoms with van der Waals surface area (Å²) < 4.78 is 0. The van der Waals surface area contributed by atoms with E-state index in [1.807, 2.05) is 13.8 Å². The molecule has 0 heterocycles. The van der Waals surface area contributed by atoms with Crippen molar-refractivity contribution in [1.29, 1.82) is 0 Å². The van der Waals surface area contributed by atoms with Crippen LogP contribution >= 0.6 is 0 Å². The molecule has 0 aromatic carbocycles. The Balaban J connectivity index is 1.96. The predicted molar refractivity (Wildman–Crippen MR) is 72.5 cm³/mol. The second kappa shape index (κ2) is 5.60. The average molecular weight is 253 g/mol. The van der Waals surface area contributed by atoms with Gasteiger partial charge in [-0.1, -0.05) is 13.8 Å². The summed E-state index contributed by atoms with van der Waals surface area (Å²) in [5.74, 6) is 1.09. The second-order valence-electron chi connectivity index (χ2n) is 6.37. The normalized spacial score (nSPS) is 20.4. The highest BCUT2D eigenvalue weighted by atomic mass is 16.4. The van der Waals surface area contributed by atoms with Crippen LogP contribution in [-0.2, 0) is 4.79 Å². The molecule has 2 fully saturated rings. The van der Waals surface area contributed by atoms with Gasteiger partial charge in [-0.2, -0.15) is 0 Å². The van der Waals surface area contributed by atoms with Gasteiger partial charge < -0.3 is 10.0 Å². The molecule has 3 heteroatoms. The summed E-state index contributed by atoms with van der Waals surface area (Å²) in [6.07, 6.45) is 6.87. The maximum Gasteiger partial charge on any atom is 0.310 e. The van der Waals surface area contributed by atoms with Crippen molar-refractivity contribution in [1.82, 2.24) is 4.90 Å². The van der Waals surface area contributed by atoms with Crippen LogP contribution in [0.3, 0.4) is 0 Å². The third-order valence-electron chi connectivity index (χ3n) is 4.76. The van der Waals surface area contributed by atoms with Crippen LogP contribution in [-0.4, -0.2) is 35.6 Å². The van der Waals surface area contributed by atoms with Crippen LogP contribution < -0.4 is 0 Å². The van der Waals surface area contributed by atoms with Crippen molar-refractivity contribution < 1.29 is 9.90 Å². The Kier molecular flexibility index (Phi) is 4.31. The molecule has 0 radical (unpaired) electrons. The highest BCUT2D eigenvalue weighted by Crippen LogP contribution is 2.36. The first-order valence-electron chi connectivity index (χ1n) is 7.55. The number of aliphatic carboxylic acids is 1. The highest BCUT2D eigenvalue weighted by molar-refractivity contribution is 5.74. The quantitative estimate of drug-likeness (QED) is 0.686. The minimum Gasteiger partial charge on any atom is -0.481 e. The topological polar surface area (TPSA) is 40.5 Å². The third kappa shape index (κ3) is 3.47. The fourth-order valence-electron chi connectivity index (χ4n) is 2.81. The van der Waals surface area contributed by atoms with Gasteiger partial charge in [0.05, 0.1) is 5.41 Å². The van der Waals surface area contributed by atoms with Gasteiger partial charge in [-0.25, -0.2) is 0 Å². The zero-order valence-electron chi connectivity index (χ0n) is 11.8. The minimum atomic E-state index is -0.607. The smallest absolute Gasteiger partial charge is 0.310 e. The summed E-state index contributed by atoms with van der Waals surface area (Å²) in [5.41, 5.74) is -0.524. The highest BCUT2D eigenvalue weighted by Gasteiger charge is 2.39. The van der Waals surface area contributed by atoms with Gasteiger partial charge in [-0.3, -0.25) is 4.79 Å². The van der Waals surface area contributed by atoms with E-state index in [-0.39, 0.29) is 0 Å². The van der Waals surface area contributed by atoms with Crippen molar-refractivity contribution in [3.05, 3.63) is 0 Å². The molecule has 2 saturated carbocycles. The molecule has 0 amide bonds. The SMILES string of the molecule is CCC(CC)(CN(CC1CC1)CC1CC1)C(=O)O. The number of rotatable bonds is 9.